The van der Waals surface area contributed by atoms with Crippen molar-refractivity contribution in [2.75, 3.05) is 18.8 Å². The zero-order valence-corrected chi connectivity index (χ0v) is 12.6. The summed E-state index contributed by atoms with van der Waals surface area (Å²) in [4.78, 5) is 14.6. The van der Waals surface area contributed by atoms with Crippen molar-refractivity contribution in [3.63, 3.8) is 0 Å². The Bertz CT molecular complexity index is 453. The zero-order chi connectivity index (χ0) is 14.0. The zero-order valence-electron chi connectivity index (χ0n) is 11.8. The summed E-state index contributed by atoms with van der Waals surface area (Å²) in [7, 11) is 0. The van der Waals surface area contributed by atoms with E-state index < -0.39 is 0 Å². The van der Waals surface area contributed by atoms with E-state index in [1.54, 1.807) is 0 Å². The minimum atomic E-state index is -0.119. The quantitative estimate of drug-likeness (QED) is 0.846. The summed E-state index contributed by atoms with van der Waals surface area (Å²) in [6.07, 6.45) is 0. The minimum absolute atomic E-state index is 0.119. The highest BCUT2D eigenvalue weighted by atomic mass is 32.2. The molecule has 2 N–H and O–H groups in total. The number of nitrogens with zero attached hydrogens (tertiary/aromatic N) is 1. The Hall–Kier alpha value is -1.16. The van der Waals surface area contributed by atoms with Crippen LogP contribution >= 0.6 is 11.8 Å². The molecule has 19 heavy (non-hydrogen) atoms. The Balaban J connectivity index is 2.10. The number of carbonyl (C=O) groups is 1. The van der Waals surface area contributed by atoms with Crippen LogP contribution in [0.5, 0.6) is 0 Å². The monoisotopic (exact) mass is 278 g/mol. The Labute approximate surface area is 119 Å². The standard InChI is InChI=1S/C15H22N2OS/c1-10-8-17(9-11(2)19-10)15(18)12(3)13-5-4-6-14(16)7-13/h4-7,10-12H,8-9,16H2,1-3H3. The smallest absolute Gasteiger partial charge is 0.229 e. The number of anilines is 1. The average molecular weight is 278 g/mol. The SMILES string of the molecule is CC1CN(C(=O)C(C)c2cccc(N)c2)CC(C)S1. The van der Waals surface area contributed by atoms with Crippen LogP contribution in [-0.4, -0.2) is 34.4 Å². The van der Waals surface area contributed by atoms with Crippen molar-refractivity contribution in [2.24, 2.45) is 0 Å². The molecule has 3 atom stereocenters. The fraction of sp³-hybridized carbons (Fsp3) is 0.533. The van der Waals surface area contributed by atoms with Gasteiger partial charge in [-0.15, -0.1) is 0 Å². The van der Waals surface area contributed by atoms with Gasteiger partial charge in [-0.3, -0.25) is 4.79 Å². The molecule has 0 spiro atoms. The molecule has 104 valence electrons. The van der Waals surface area contributed by atoms with Crippen LogP contribution in [0.25, 0.3) is 0 Å². The Morgan fingerprint density at radius 1 is 1.37 bits per heavy atom. The van der Waals surface area contributed by atoms with Crippen LogP contribution in [0.4, 0.5) is 5.69 Å². The molecule has 1 heterocycles. The fourth-order valence-corrected chi connectivity index (χ4v) is 3.93. The lowest BCUT2D eigenvalue weighted by Gasteiger charge is -2.36. The molecule has 1 saturated heterocycles. The van der Waals surface area contributed by atoms with Gasteiger partial charge in [-0.05, 0) is 24.6 Å². The van der Waals surface area contributed by atoms with Gasteiger partial charge in [0.15, 0.2) is 0 Å². The Morgan fingerprint density at radius 3 is 2.58 bits per heavy atom. The molecule has 1 aromatic rings. The number of carbonyl (C=O) groups excluding carboxylic acids is 1. The average Bonchev–Trinajstić information content (AvgIpc) is 2.36. The van der Waals surface area contributed by atoms with Gasteiger partial charge in [0.05, 0.1) is 5.92 Å². The first-order chi connectivity index (χ1) is 8.97. The van der Waals surface area contributed by atoms with Gasteiger partial charge in [0.25, 0.3) is 0 Å². The van der Waals surface area contributed by atoms with Crippen molar-refractivity contribution in [2.45, 2.75) is 37.2 Å². The third-order valence-corrected chi connectivity index (χ3v) is 4.74. The van der Waals surface area contributed by atoms with Gasteiger partial charge < -0.3 is 10.6 Å². The van der Waals surface area contributed by atoms with Crippen molar-refractivity contribution in [1.29, 1.82) is 0 Å². The number of rotatable bonds is 2. The van der Waals surface area contributed by atoms with Crippen LogP contribution in [0.1, 0.15) is 32.3 Å². The van der Waals surface area contributed by atoms with Gasteiger partial charge in [0, 0.05) is 29.3 Å². The fourth-order valence-electron chi connectivity index (χ4n) is 2.60. The van der Waals surface area contributed by atoms with Crippen LogP contribution in [0.15, 0.2) is 24.3 Å². The Morgan fingerprint density at radius 2 is 2.00 bits per heavy atom. The first-order valence-corrected chi connectivity index (χ1v) is 7.71. The third-order valence-electron chi connectivity index (χ3n) is 3.51. The van der Waals surface area contributed by atoms with E-state index >= 15 is 0 Å². The number of nitrogens with two attached hydrogens (primary N) is 1. The minimum Gasteiger partial charge on any atom is -0.399 e. The molecule has 0 aliphatic carbocycles. The maximum absolute atomic E-state index is 12.6. The second kappa shape index (κ2) is 5.87. The molecule has 1 fully saturated rings. The number of nitrogen functional groups attached to an aromatic ring is 1. The predicted molar refractivity (Wildman–Crippen MR) is 82.4 cm³/mol. The van der Waals surface area contributed by atoms with Gasteiger partial charge in [0.1, 0.15) is 0 Å². The van der Waals surface area contributed by atoms with E-state index in [1.807, 2.05) is 47.9 Å². The van der Waals surface area contributed by atoms with Gasteiger partial charge in [-0.1, -0.05) is 26.0 Å². The molecule has 0 bridgehead atoms. The second-order valence-corrected chi connectivity index (χ2v) is 7.27. The van der Waals surface area contributed by atoms with Crippen LogP contribution in [0, 0.1) is 0 Å². The number of hydrogen-bond donors (Lipinski definition) is 1. The molecule has 1 aromatic carbocycles. The van der Waals surface area contributed by atoms with Crippen LogP contribution < -0.4 is 5.73 Å². The molecule has 0 saturated carbocycles. The molecule has 0 aromatic heterocycles. The van der Waals surface area contributed by atoms with Crippen molar-refractivity contribution >= 4 is 23.4 Å². The molecule has 2 rings (SSSR count). The number of thioether (sulfide) groups is 1. The van der Waals surface area contributed by atoms with Gasteiger partial charge in [-0.25, -0.2) is 0 Å². The molecule has 1 amide bonds. The first-order valence-electron chi connectivity index (χ1n) is 6.77. The summed E-state index contributed by atoms with van der Waals surface area (Å²) in [5, 5.41) is 1.03. The van der Waals surface area contributed by atoms with Crippen LogP contribution in [0.2, 0.25) is 0 Å². The van der Waals surface area contributed by atoms with Crippen molar-refractivity contribution in [3.8, 4) is 0 Å². The van der Waals surface area contributed by atoms with Gasteiger partial charge in [-0.2, -0.15) is 11.8 Å². The third kappa shape index (κ3) is 3.44. The topological polar surface area (TPSA) is 46.3 Å². The highest BCUT2D eigenvalue weighted by molar-refractivity contribution is 8.00. The number of hydrogen-bond acceptors (Lipinski definition) is 3. The maximum atomic E-state index is 12.6. The lowest BCUT2D eigenvalue weighted by molar-refractivity contribution is -0.132. The van der Waals surface area contributed by atoms with E-state index in [2.05, 4.69) is 13.8 Å². The molecule has 1 aliphatic heterocycles. The van der Waals surface area contributed by atoms with E-state index in [0.717, 1.165) is 18.7 Å². The number of amides is 1. The van der Waals surface area contributed by atoms with Gasteiger partial charge in [0.2, 0.25) is 5.91 Å². The molecule has 3 nitrogen and oxygen atoms in total. The van der Waals surface area contributed by atoms with E-state index in [9.17, 15) is 4.79 Å². The highest BCUT2D eigenvalue weighted by Gasteiger charge is 2.29. The van der Waals surface area contributed by atoms with Crippen LogP contribution in [0.3, 0.4) is 0 Å². The van der Waals surface area contributed by atoms with E-state index in [1.165, 1.54) is 0 Å². The first kappa shape index (κ1) is 14.3. The van der Waals surface area contributed by atoms with E-state index in [4.69, 9.17) is 5.73 Å². The molecular formula is C15H22N2OS. The summed E-state index contributed by atoms with van der Waals surface area (Å²) in [5.74, 6) is 0.0931. The highest BCUT2D eigenvalue weighted by Crippen LogP contribution is 2.28. The normalized spacial score (nSPS) is 25.1. The molecular weight excluding hydrogens is 256 g/mol. The second-order valence-electron chi connectivity index (χ2n) is 5.39. The van der Waals surface area contributed by atoms with Gasteiger partial charge >= 0.3 is 0 Å². The molecule has 1 aliphatic rings. The van der Waals surface area contributed by atoms with Crippen molar-refractivity contribution in [3.05, 3.63) is 29.8 Å². The largest absolute Gasteiger partial charge is 0.399 e. The molecule has 4 heteroatoms. The van der Waals surface area contributed by atoms with Crippen LogP contribution in [-0.2, 0) is 4.79 Å². The summed E-state index contributed by atoms with van der Waals surface area (Å²) in [6, 6.07) is 7.63. The summed E-state index contributed by atoms with van der Waals surface area (Å²) >= 11 is 1.96. The molecule has 3 unspecified atom stereocenters. The molecule has 0 radical (unpaired) electrons. The lowest BCUT2D eigenvalue weighted by Crippen LogP contribution is -2.45. The summed E-state index contributed by atoms with van der Waals surface area (Å²) in [6.45, 7) is 8.03. The van der Waals surface area contributed by atoms with E-state index in [0.29, 0.717) is 16.2 Å². The lowest BCUT2D eigenvalue weighted by atomic mass is 9.99. The number of benzene rings is 1. The van der Waals surface area contributed by atoms with E-state index in [-0.39, 0.29) is 11.8 Å². The predicted octanol–water partition coefficient (Wildman–Crippen LogP) is 2.72. The van der Waals surface area contributed by atoms with Crippen molar-refractivity contribution in [1.82, 2.24) is 4.90 Å². The van der Waals surface area contributed by atoms with Crippen molar-refractivity contribution < 1.29 is 4.79 Å². The Kier molecular flexibility index (Phi) is 4.40. The summed E-state index contributed by atoms with van der Waals surface area (Å²) < 4.78 is 0. The maximum Gasteiger partial charge on any atom is 0.229 e. The summed E-state index contributed by atoms with van der Waals surface area (Å²) in [5.41, 5.74) is 7.51.